The third-order valence-corrected chi connectivity index (χ3v) is 7.40. The van der Waals surface area contributed by atoms with Crippen LogP contribution in [0.2, 0.25) is 0 Å². The fourth-order valence-corrected chi connectivity index (χ4v) is 5.57. The Morgan fingerprint density at radius 1 is 1.19 bits per heavy atom. The molecule has 3 unspecified atom stereocenters. The van der Waals surface area contributed by atoms with Gasteiger partial charge in [0.15, 0.2) is 17.8 Å². The highest BCUT2D eigenvalue weighted by molar-refractivity contribution is 5.79. The summed E-state index contributed by atoms with van der Waals surface area (Å²) in [6.07, 6.45) is 2.59. The van der Waals surface area contributed by atoms with E-state index in [2.05, 4.69) is 6.92 Å². The van der Waals surface area contributed by atoms with Crippen molar-refractivity contribution in [3.05, 3.63) is 17.7 Å². The number of rotatable bonds is 13. The van der Waals surface area contributed by atoms with Crippen LogP contribution in [-0.4, -0.2) is 99.0 Å². The maximum Gasteiger partial charge on any atom is 0.308 e. The Morgan fingerprint density at radius 2 is 1.97 bits per heavy atom. The van der Waals surface area contributed by atoms with Gasteiger partial charge in [-0.25, -0.2) is 0 Å². The van der Waals surface area contributed by atoms with Crippen LogP contribution in [0.4, 0.5) is 0 Å². The molecule has 0 aromatic heterocycles. The van der Waals surface area contributed by atoms with Crippen molar-refractivity contribution in [2.75, 3.05) is 59.8 Å². The molecule has 1 amide bonds. The van der Waals surface area contributed by atoms with E-state index in [0.29, 0.717) is 69.5 Å². The van der Waals surface area contributed by atoms with Crippen molar-refractivity contribution in [1.29, 1.82) is 0 Å². The summed E-state index contributed by atoms with van der Waals surface area (Å²) in [5.41, 5.74) is 6.56. The molecule has 3 aliphatic rings. The first kappa shape index (κ1) is 27.4. The molecule has 3 aliphatic heterocycles. The number of nitrogens with two attached hydrogens (primary N) is 1. The first-order valence-electron chi connectivity index (χ1n) is 13.1. The van der Waals surface area contributed by atoms with Crippen LogP contribution in [0.15, 0.2) is 12.1 Å². The Hall–Kier alpha value is -2.60. The number of carbonyl (C=O) groups excluding carboxylic acids is 1. The molecule has 0 spiro atoms. The molecule has 11 heteroatoms. The van der Waals surface area contributed by atoms with E-state index in [9.17, 15) is 14.7 Å². The van der Waals surface area contributed by atoms with Crippen molar-refractivity contribution in [3.63, 3.8) is 0 Å². The van der Waals surface area contributed by atoms with Gasteiger partial charge in [0.25, 0.3) is 0 Å². The molecule has 1 aromatic rings. The maximum absolute atomic E-state index is 13.3. The second-order valence-electron chi connectivity index (χ2n) is 9.70. The number of methoxy groups -OCH3 is 1. The van der Waals surface area contributed by atoms with E-state index in [1.165, 1.54) is 0 Å². The fourth-order valence-electron chi connectivity index (χ4n) is 5.57. The van der Waals surface area contributed by atoms with Crippen molar-refractivity contribution in [1.82, 2.24) is 9.80 Å². The average molecular weight is 522 g/mol. The van der Waals surface area contributed by atoms with E-state index in [4.69, 9.17) is 29.4 Å². The van der Waals surface area contributed by atoms with E-state index in [1.807, 2.05) is 17.0 Å². The number of fused-ring (bicyclic) bond motifs is 1. The number of unbranched alkanes of at least 4 members (excludes halogenated alkanes) is 1. The smallest absolute Gasteiger partial charge is 0.308 e. The normalized spacial score (nSPS) is 23.5. The third kappa shape index (κ3) is 6.28. The largest absolute Gasteiger partial charge is 0.493 e. The fraction of sp³-hybridized carbons (Fsp3) is 0.692. The minimum absolute atomic E-state index is 0.0367. The summed E-state index contributed by atoms with van der Waals surface area (Å²) in [5.74, 6) is -0.498. The van der Waals surface area contributed by atoms with Gasteiger partial charge in [-0.05, 0) is 37.0 Å². The van der Waals surface area contributed by atoms with Gasteiger partial charge in [0.05, 0.1) is 32.8 Å². The Balaban J connectivity index is 1.61. The Morgan fingerprint density at radius 3 is 2.65 bits per heavy atom. The number of ether oxygens (including phenoxy) is 5. The van der Waals surface area contributed by atoms with Crippen molar-refractivity contribution < 1.29 is 38.4 Å². The van der Waals surface area contributed by atoms with Crippen molar-refractivity contribution in [2.24, 2.45) is 11.7 Å². The van der Waals surface area contributed by atoms with Gasteiger partial charge in [-0.2, -0.15) is 0 Å². The first-order valence-corrected chi connectivity index (χ1v) is 13.1. The molecule has 206 valence electrons. The molecule has 4 rings (SSSR count). The van der Waals surface area contributed by atoms with Crippen molar-refractivity contribution in [3.8, 4) is 17.2 Å². The molecule has 2 fully saturated rings. The van der Waals surface area contributed by atoms with Gasteiger partial charge in [0.2, 0.25) is 18.4 Å². The molecule has 1 aromatic carbocycles. The van der Waals surface area contributed by atoms with Gasteiger partial charge in [-0.3, -0.25) is 14.5 Å². The van der Waals surface area contributed by atoms with Gasteiger partial charge in [0.1, 0.15) is 0 Å². The van der Waals surface area contributed by atoms with Crippen LogP contribution in [0.1, 0.15) is 44.1 Å². The number of aliphatic carboxylic acids is 1. The summed E-state index contributed by atoms with van der Waals surface area (Å²) in [6.45, 7) is 5.27. The SMILES string of the molecule is CCCCN(CCN)C(=O)CN1CC(c2cc(OC)c3c(c2)OCO3)C(C(=O)O)C1CCC1OCCO1. The lowest BCUT2D eigenvalue weighted by molar-refractivity contribution is -0.144. The lowest BCUT2D eigenvalue weighted by atomic mass is 9.83. The standard InChI is InChI=1S/C26H39N3O8/c1-3-4-8-28(9-7-27)22(30)15-29-14-18(17-12-20(33-2)25-21(13-17)36-16-37-25)24(26(31)32)19(29)5-6-23-34-10-11-35-23/h12-13,18-19,23-24H,3-11,14-16,27H2,1-2H3,(H,31,32). The molecule has 2 saturated heterocycles. The molecule has 0 aliphatic carbocycles. The molecule has 37 heavy (non-hydrogen) atoms. The number of carboxylic acid groups (broad SMARTS) is 1. The summed E-state index contributed by atoms with van der Waals surface area (Å²) in [6, 6.07) is 3.28. The molecule has 0 bridgehead atoms. The second kappa shape index (κ2) is 12.8. The van der Waals surface area contributed by atoms with E-state index < -0.39 is 11.9 Å². The summed E-state index contributed by atoms with van der Waals surface area (Å²) in [7, 11) is 1.54. The molecule has 0 radical (unpaired) electrons. The predicted molar refractivity (Wildman–Crippen MR) is 134 cm³/mol. The number of hydrogen-bond acceptors (Lipinski definition) is 9. The topological polar surface area (TPSA) is 133 Å². The Kier molecular flexibility index (Phi) is 9.47. The minimum atomic E-state index is -0.903. The number of benzene rings is 1. The number of carboxylic acids is 1. The monoisotopic (exact) mass is 521 g/mol. The lowest BCUT2D eigenvalue weighted by Crippen LogP contribution is -2.45. The van der Waals surface area contributed by atoms with Gasteiger partial charge in [-0.1, -0.05) is 13.3 Å². The number of hydrogen-bond donors (Lipinski definition) is 2. The first-order chi connectivity index (χ1) is 18.0. The van der Waals surface area contributed by atoms with Crippen LogP contribution in [0.3, 0.4) is 0 Å². The maximum atomic E-state index is 13.3. The van der Waals surface area contributed by atoms with E-state index in [1.54, 1.807) is 12.0 Å². The summed E-state index contributed by atoms with van der Waals surface area (Å²) >= 11 is 0. The molecule has 0 saturated carbocycles. The van der Waals surface area contributed by atoms with Crippen LogP contribution < -0.4 is 19.9 Å². The van der Waals surface area contributed by atoms with Gasteiger partial charge < -0.3 is 39.4 Å². The van der Waals surface area contributed by atoms with E-state index in [-0.39, 0.29) is 37.5 Å². The lowest BCUT2D eigenvalue weighted by Gasteiger charge is -2.30. The molecule has 3 atom stereocenters. The van der Waals surface area contributed by atoms with E-state index in [0.717, 1.165) is 18.4 Å². The molecule has 3 N–H and O–H groups in total. The zero-order chi connectivity index (χ0) is 26.4. The van der Waals surface area contributed by atoms with Crippen LogP contribution in [0, 0.1) is 5.92 Å². The van der Waals surface area contributed by atoms with Crippen LogP contribution in [0.5, 0.6) is 17.2 Å². The predicted octanol–water partition coefficient (Wildman–Crippen LogP) is 1.63. The average Bonchev–Trinajstić information content (AvgIpc) is 3.64. The van der Waals surface area contributed by atoms with Crippen molar-refractivity contribution >= 4 is 11.9 Å². The second-order valence-corrected chi connectivity index (χ2v) is 9.70. The molecule has 11 nitrogen and oxygen atoms in total. The van der Waals surface area contributed by atoms with Crippen LogP contribution in [-0.2, 0) is 19.1 Å². The summed E-state index contributed by atoms with van der Waals surface area (Å²) < 4.78 is 27.8. The third-order valence-electron chi connectivity index (χ3n) is 7.40. The zero-order valence-electron chi connectivity index (χ0n) is 21.7. The van der Waals surface area contributed by atoms with Crippen molar-refractivity contribution in [2.45, 2.75) is 50.9 Å². The van der Waals surface area contributed by atoms with Gasteiger partial charge >= 0.3 is 5.97 Å². The number of nitrogens with zero attached hydrogens (tertiary/aromatic N) is 2. The number of carbonyl (C=O) groups is 2. The van der Waals surface area contributed by atoms with E-state index >= 15 is 0 Å². The highest BCUT2D eigenvalue weighted by Crippen LogP contribution is 2.47. The Bertz CT molecular complexity index is 939. The highest BCUT2D eigenvalue weighted by atomic mass is 16.7. The quantitative estimate of drug-likeness (QED) is 0.395. The Labute approximate surface area is 217 Å². The molecular weight excluding hydrogens is 482 g/mol. The van der Waals surface area contributed by atoms with Crippen LogP contribution in [0.25, 0.3) is 0 Å². The molecular formula is C26H39N3O8. The summed E-state index contributed by atoms with van der Waals surface area (Å²) in [4.78, 5) is 29.8. The number of amides is 1. The summed E-state index contributed by atoms with van der Waals surface area (Å²) in [5, 5.41) is 10.4. The number of likely N-dealkylation sites (tertiary alicyclic amines) is 1. The highest BCUT2D eigenvalue weighted by Gasteiger charge is 2.48. The zero-order valence-corrected chi connectivity index (χ0v) is 21.7. The van der Waals surface area contributed by atoms with Crippen LogP contribution >= 0.6 is 0 Å². The minimum Gasteiger partial charge on any atom is -0.493 e. The van der Waals surface area contributed by atoms with Gasteiger partial charge in [0, 0.05) is 38.1 Å². The molecule has 3 heterocycles. The van der Waals surface area contributed by atoms with Gasteiger partial charge in [-0.15, -0.1) is 0 Å².